The van der Waals surface area contributed by atoms with Crippen molar-refractivity contribution in [3.63, 3.8) is 0 Å². The van der Waals surface area contributed by atoms with E-state index in [1.54, 1.807) is 18.2 Å². The molecule has 20 heavy (non-hydrogen) atoms. The zero-order valence-corrected chi connectivity index (χ0v) is 11.2. The second kappa shape index (κ2) is 5.70. The van der Waals surface area contributed by atoms with E-state index >= 15 is 0 Å². The normalized spacial score (nSPS) is 12.4. The Labute approximate surface area is 114 Å². The molecule has 2 rings (SSSR count). The molecule has 0 unspecified atom stereocenters. The fraction of sp³-hybridized carbons (Fsp3) is 0.462. The number of fused-ring (bicyclic) bond motifs is 1. The number of aromatic nitrogens is 2. The van der Waals surface area contributed by atoms with Gasteiger partial charge in [-0.25, -0.2) is 4.98 Å². The number of hydrogen-bond donors (Lipinski definition) is 2. The van der Waals surface area contributed by atoms with E-state index < -0.39 is 12.7 Å². The van der Waals surface area contributed by atoms with E-state index in [0.29, 0.717) is 30.0 Å². The van der Waals surface area contributed by atoms with E-state index in [4.69, 9.17) is 5.73 Å². The number of hydrogen-bond acceptors (Lipinski definition) is 3. The van der Waals surface area contributed by atoms with E-state index in [2.05, 4.69) is 9.97 Å². The monoisotopic (exact) mass is 286 g/mol. The molecule has 0 saturated carbocycles. The summed E-state index contributed by atoms with van der Waals surface area (Å²) in [6.45, 7) is 1.43. The predicted octanol–water partition coefficient (Wildman–Crippen LogP) is 2.92. The van der Waals surface area contributed by atoms with Gasteiger partial charge in [0.05, 0.1) is 24.1 Å². The molecule has 1 aromatic carbocycles. The maximum Gasteiger partial charge on any atom is 0.401 e. The molecule has 2 aromatic rings. The van der Waals surface area contributed by atoms with E-state index in [-0.39, 0.29) is 6.54 Å². The van der Waals surface area contributed by atoms with Crippen LogP contribution in [0.3, 0.4) is 0 Å². The smallest absolute Gasteiger partial charge is 0.399 e. The van der Waals surface area contributed by atoms with Gasteiger partial charge in [-0.1, -0.05) is 6.92 Å². The lowest BCUT2D eigenvalue weighted by atomic mass is 10.3. The third-order valence-electron chi connectivity index (χ3n) is 2.87. The maximum atomic E-state index is 12.5. The Bertz CT molecular complexity index is 576. The van der Waals surface area contributed by atoms with Crippen LogP contribution in [0.15, 0.2) is 18.2 Å². The number of H-pyrrole nitrogens is 1. The van der Waals surface area contributed by atoms with Crippen molar-refractivity contribution in [1.82, 2.24) is 14.9 Å². The van der Waals surface area contributed by atoms with E-state index in [1.807, 2.05) is 6.92 Å². The second-order valence-corrected chi connectivity index (χ2v) is 4.79. The van der Waals surface area contributed by atoms with Crippen molar-refractivity contribution in [2.75, 3.05) is 18.8 Å². The number of aromatic amines is 1. The maximum absolute atomic E-state index is 12.5. The molecule has 0 aliphatic heterocycles. The first-order valence-electron chi connectivity index (χ1n) is 6.40. The molecule has 7 heteroatoms. The molecular weight excluding hydrogens is 269 g/mol. The van der Waals surface area contributed by atoms with Gasteiger partial charge in [0.1, 0.15) is 5.82 Å². The minimum Gasteiger partial charge on any atom is -0.399 e. The topological polar surface area (TPSA) is 57.9 Å². The third kappa shape index (κ3) is 3.86. The SMILES string of the molecule is CCCN(Cc1nc2ccc(N)cc2[nH]1)CC(F)(F)F. The van der Waals surface area contributed by atoms with Gasteiger partial charge in [-0.2, -0.15) is 13.2 Å². The van der Waals surface area contributed by atoms with Crippen molar-refractivity contribution in [2.24, 2.45) is 0 Å². The van der Waals surface area contributed by atoms with Crippen LogP contribution in [0.1, 0.15) is 19.2 Å². The highest BCUT2D eigenvalue weighted by Gasteiger charge is 2.30. The van der Waals surface area contributed by atoms with Gasteiger partial charge in [-0.3, -0.25) is 4.90 Å². The predicted molar refractivity (Wildman–Crippen MR) is 72.1 cm³/mol. The quantitative estimate of drug-likeness (QED) is 0.831. The summed E-state index contributed by atoms with van der Waals surface area (Å²) < 4.78 is 37.5. The van der Waals surface area contributed by atoms with Crippen LogP contribution >= 0.6 is 0 Å². The molecule has 1 heterocycles. The first kappa shape index (κ1) is 14.6. The molecular formula is C13H17F3N4. The molecule has 1 aromatic heterocycles. The van der Waals surface area contributed by atoms with Gasteiger partial charge < -0.3 is 10.7 Å². The Balaban J connectivity index is 2.15. The van der Waals surface area contributed by atoms with Gasteiger partial charge in [0.15, 0.2) is 0 Å². The molecule has 0 aliphatic rings. The van der Waals surface area contributed by atoms with Gasteiger partial charge in [0.2, 0.25) is 0 Å². The molecule has 0 spiro atoms. The Kier molecular flexibility index (Phi) is 4.17. The lowest BCUT2D eigenvalue weighted by Crippen LogP contribution is -2.34. The van der Waals surface area contributed by atoms with Gasteiger partial charge in [-0.05, 0) is 31.2 Å². The summed E-state index contributed by atoms with van der Waals surface area (Å²) in [5.41, 5.74) is 7.69. The molecule has 4 nitrogen and oxygen atoms in total. The van der Waals surface area contributed by atoms with Gasteiger partial charge >= 0.3 is 6.18 Å². The summed E-state index contributed by atoms with van der Waals surface area (Å²) in [4.78, 5) is 8.63. The standard InChI is InChI=1S/C13H17F3N4/c1-2-5-20(8-13(14,15)16)7-12-18-10-4-3-9(17)6-11(10)19-12/h3-4,6H,2,5,7-8,17H2,1H3,(H,18,19). The number of nitrogen functional groups attached to an aromatic ring is 1. The first-order chi connectivity index (χ1) is 9.37. The average Bonchev–Trinajstić information content (AvgIpc) is 2.68. The molecule has 0 bridgehead atoms. The first-order valence-corrected chi connectivity index (χ1v) is 6.40. The minimum atomic E-state index is -4.20. The molecule has 3 N–H and O–H groups in total. The Morgan fingerprint density at radius 2 is 2.10 bits per heavy atom. The highest BCUT2D eigenvalue weighted by Crippen LogP contribution is 2.19. The Morgan fingerprint density at radius 3 is 2.75 bits per heavy atom. The average molecular weight is 286 g/mol. The largest absolute Gasteiger partial charge is 0.401 e. The summed E-state index contributed by atoms with van der Waals surface area (Å²) >= 11 is 0. The number of nitrogens with one attached hydrogen (secondary N) is 1. The second-order valence-electron chi connectivity index (χ2n) is 4.79. The number of rotatable bonds is 5. The lowest BCUT2D eigenvalue weighted by molar-refractivity contribution is -0.147. The van der Waals surface area contributed by atoms with Crippen LogP contribution in [-0.4, -0.2) is 34.1 Å². The number of nitrogens with zero attached hydrogens (tertiary/aromatic N) is 2. The fourth-order valence-electron chi connectivity index (χ4n) is 2.15. The van der Waals surface area contributed by atoms with Crippen molar-refractivity contribution in [2.45, 2.75) is 26.1 Å². The zero-order chi connectivity index (χ0) is 14.8. The third-order valence-corrected chi connectivity index (χ3v) is 2.87. The van der Waals surface area contributed by atoms with Gasteiger partial charge in [-0.15, -0.1) is 0 Å². The number of alkyl halides is 3. The summed E-state index contributed by atoms with van der Waals surface area (Å²) in [6.07, 6.45) is -3.55. The Morgan fingerprint density at radius 1 is 1.35 bits per heavy atom. The van der Waals surface area contributed by atoms with Gasteiger partial charge in [0.25, 0.3) is 0 Å². The van der Waals surface area contributed by atoms with Crippen molar-refractivity contribution >= 4 is 16.7 Å². The zero-order valence-electron chi connectivity index (χ0n) is 11.2. The fourth-order valence-corrected chi connectivity index (χ4v) is 2.15. The van der Waals surface area contributed by atoms with E-state index in [1.165, 1.54) is 4.90 Å². The van der Waals surface area contributed by atoms with Crippen molar-refractivity contribution < 1.29 is 13.2 Å². The summed E-state index contributed by atoms with van der Waals surface area (Å²) in [6, 6.07) is 5.19. The van der Waals surface area contributed by atoms with Crippen LogP contribution in [0.5, 0.6) is 0 Å². The Hall–Kier alpha value is -1.76. The summed E-state index contributed by atoms with van der Waals surface area (Å²) in [5.74, 6) is 0.517. The molecule has 0 atom stereocenters. The van der Waals surface area contributed by atoms with Crippen LogP contribution in [0.25, 0.3) is 11.0 Å². The van der Waals surface area contributed by atoms with Crippen LogP contribution in [0.2, 0.25) is 0 Å². The molecule has 0 amide bonds. The van der Waals surface area contributed by atoms with E-state index in [9.17, 15) is 13.2 Å². The molecule has 0 aliphatic carbocycles. The van der Waals surface area contributed by atoms with Crippen LogP contribution in [0.4, 0.5) is 18.9 Å². The lowest BCUT2D eigenvalue weighted by Gasteiger charge is -2.21. The van der Waals surface area contributed by atoms with Crippen LogP contribution in [-0.2, 0) is 6.54 Å². The molecule has 0 saturated heterocycles. The highest BCUT2D eigenvalue weighted by atomic mass is 19.4. The minimum absolute atomic E-state index is 0.141. The summed E-state index contributed by atoms with van der Waals surface area (Å²) in [5, 5.41) is 0. The molecule has 110 valence electrons. The highest BCUT2D eigenvalue weighted by molar-refractivity contribution is 5.78. The van der Waals surface area contributed by atoms with E-state index in [0.717, 1.165) is 5.52 Å². The molecule has 0 fully saturated rings. The number of nitrogens with two attached hydrogens (primary N) is 1. The van der Waals surface area contributed by atoms with Crippen molar-refractivity contribution in [1.29, 1.82) is 0 Å². The molecule has 0 radical (unpaired) electrons. The van der Waals surface area contributed by atoms with Crippen molar-refractivity contribution in [3.05, 3.63) is 24.0 Å². The van der Waals surface area contributed by atoms with Crippen LogP contribution in [0, 0.1) is 0 Å². The van der Waals surface area contributed by atoms with Gasteiger partial charge in [0, 0.05) is 5.69 Å². The number of imidazole rings is 1. The summed E-state index contributed by atoms with van der Waals surface area (Å²) in [7, 11) is 0. The number of benzene rings is 1. The van der Waals surface area contributed by atoms with Crippen LogP contribution < -0.4 is 5.73 Å². The number of halogens is 3. The number of anilines is 1. The van der Waals surface area contributed by atoms with Crippen molar-refractivity contribution in [3.8, 4) is 0 Å².